The van der Waals surface area contributed by atoms with Crippen LogP contribution in [0.5, 0.6) is 0 Å². The van der Waals surface area contributed by atoms with Crippen molar-refractivity contribution < 1.29 is 9.18 Å². The topological polar surface area (TPSA) is 66.8 Å². The average Bonchev–Trinajstić information content (AvgIpc) is 3.15. The molecule has 0 radical (unpaired) electrons. The third-order valence-electron chi connectivity index (χ3n) is 4.81. The minimum absolute atomic E-state index is 0.0146. The van der Waals surface area contributed by atoms with Crippen LogP contribution >= 0.6 is 0 Å². The Kier molecular flexibility index (Phi) is 4.06. The van der Waals surface area contributed by atoms with Gasteiger partial charge in [-0.1, -0.05) is 12.1 Å². The Balaban J connectivity index is 1.48. The molecule has 0 unspecified atom stereocenters. The molecule has 1 amide bonds. The molecule has 1 saturated heterocycles. The van der Waals surface area contributed by atoms with Gasteiger partial charge in [-0.3, -0.25) is 14.6 Å². The molecule has 2 aromatic heterocycles. The Bertz CT molecular complexity index is 943. The second kappa shape index (κ2) is 6.40. The molecule has 7 heteroatoms. The first kappa shape index (κ1) is 16.5. The Hall–Kier alpha value is -2.96. The Morgan fingerprint density at radius 2 is 2.04 bits per heavy atom. The fourth-order valence-corrected chi connectivity index (χ4v) is 3.36. The van der Waals surface area contributed by atoms with Crippen LogP contribution in [0.25, 0.3) is 0 Å². The van der Waals surface area contributed by atoms with Crippen LogP contribution in [0.15, 0.2) is 36.4 Å². The molecule has 1 atom stereocenters. The number of H-pyrrole nitrogens is 1. The summed E-state index contributed by atoms with van der Waals surface area (Å²) in [5.41, 5.74) is 4.20. The van der Waals surface area contributed by atoms with E-state index >= 15 is 0 Å². The third-order valence-corrected chi connectivity index (χ3v) is 4.81. The van der Waals surface area contributed by atoms with Crippen molar-refractivity contribution in [2.24, 2.45) is 0 Å². The van der Waals surface area contributed by atoms with Gasteiger partial charge in [-0.15, -0.1) is 0 Å². The zero-order valence-corrected chi connectivity index (χ0v) is 14.7. The lowest BCUT2D eigenvalue weighted by Gasteiger charge is -2.41. The van der Waals surface area contributed by atoms with E-state index in [2.05, 4.69) is 15.3 Å². The Labute approximate surface area is 150 Å². The molecular weight excluding hydrogens is 333 g/mol. The fourth-order valence-electron chi connectivity index (χ4n) is 3.36. The number of hydrogen-bond acceptors (Lipinski definition) is 3. The zero-order chi connectivity index (χ0) is 18.3. The number of rotatable bonds is 4. The van der Waals surface area contributed by atoms with E-state index in [0.29, 0.717) is 18.8 Å². The van der Waals surface area contributed by atoms with Gasteiger partial charge >= 0.3 is 0 Å². The summed E-state index contributed by atoms with van der Waals surface area (Å²) in [5.74, 6) is -0.381. The van der Waals surface area contributed by atoms with Crippen molar-refractivity contribution in [3.05, 3.63) is 70.6 Å². The van der Waals surface area contributed by atoms with E-state index in [9.17, 15) is 9.18 Å². The molecule has 1 aliphatic heterocycles. The number of likely N-dealkylation sites (tertiary alicyclic amines) is 1. The summed E-state index contributed by atoms with van der Waals surface area (Å²) in [6, 6.07) is 10.1. The highest BCUT2D eigenvalue weighted by molar-refractivity contribution is 5.93. The SMILES string of the molecule is Cc1cc(C)n(Cc2cc(C(=O)N3CC[C@@H]3c3ccc(F)cc3)n[nH]2)n1. The molecule has 0 saturated carbocycles. The lowest BCUT2D eigenvalue weighted by Crippen LogP contribution is -2.45. The number of aromatic amines is 1. The molecule has 6 nitrogen and oxygen atoms in total. The van der Waals surface area contributed by atoms with Crippen LogP contribution in [-0.4, -0.2) is 37.3 Å². The third kappa shape index (κ3) is 3.00. The number of carbonyl (C=O) groups excluding carboxylic acids is 1. The van der Waals surface area contributed by atoms with Gasteiger partial charge in [0.25, 0.3) is 5.91 Å². The van der Waals surface area contributed by atoms with E-state index in [4.69, 9.17) is 0 Å². The zero-order valence-electron chi connectivity index (χ0n) is 14.7. The van der Waals surface area contributed by atoms with Crippen LogP contribution < -0.4 is 0 Å². The standard InChI is InChI=1S/C19H20FN5O/c1-12-9-13(2)25(23-12)11-16-10-17(22-21-16)19(26)24-8-7-18(24)14-3-5-15(20)6-4-14/h3-6,9-10,18H,7-8,11H2,1-2H3,(H,21,22)/t18-/m1/s1. The number of aromatic nitrogens is 4. The normalized spacial score (nSPS) is 16.6. The molecule has 26 heavy (non-hydrogen) atoms. The van der Waals surface area contributed by atoms with E-state index in [1.54, 1.807) is 23.1 Å². The second-order valence-corrected chi connectivity index (χ2v) is 6.72. The van der Waals surface area contributed by atoms with Gasteiger partial charge in [0, 0.05) is 12.2 Å². The van der Waals surface area contributed by atoms with E-state index in [0.717, 1.165) is 29.1 Å². The lowest BCUT2D eigenvalue weighted by molar-refractivity contribution is 0.0454. The van der Waals surface area contributed by atoms with E-state index in [1.165, 1.54) is 12.1 Å². The molecule has 1 aliphatic rings. The molecule has 3 aromatic rings. The van der Waals surface area contributed by atoms with Gasteiger partial charge in [0.15, 0.2) is 0 Å². The first-order valence-corrected chi connectivity index (χ1v) is 8.63. The van der Waals surface area contributed by atoms with Crippen molar-refractivity contribution in [2.45, 2.75) is 32.9 Å². The minimum Gasteiger partial charge on any atom is -0.330 e. The smallest absolute Gasteiger partial charge is 0.274 e. The van der Waals surface area contributed by atoms with Gasteiger partial charge in [0.05, 0.1) is 24.0 Å². The Morgan fingerprint density at radius 1 is 1.27 bits per heavy atom. The highest BCUT2D eigenvalue weighted by Crippen LogP contribution is 2.34. The summed E-state index contributed by atoms with van der Waals surface area (Å²) in [6.07, 6.45) is 0.875. The van der Waals surface area contributed by atoms with Crippen molar-refractivity contribution in [3.63, 3.8) is 0 Å². The van der Waals surface area contributed by atoms with Crippen molar-refractivity contribution in [1.82, 2.24) is 24.9 Å². The van der Waals surface area contributed by atoms with Crippen molar-refractivity contribution in [1.29, 1.82) is 0 Å². The first-order chi connectivity index (χ1) is 12.5. The molecule has 4 rings (SSSR count). The molecular formula is C19H20FN5O. The predicted octanol–water partition coefficient (Wildman–Crippen LogP) is 3.00. The number of carbonyl (C=O) groups is 1. The highest BCUT2D eigenvalue weighted by atomic mass is 19.1. The number of halogens is 1. The lowest BCUT2D eigenvalue weighted by atomic mass is 9.94. The number of nitrogens with one attached hydrogen (secondary N) is 1. The van der Waals surface area contributed by atoms with E-state index in [1.807, 2.05) is 24.6 Å². The summed E-state index contributed by atoms with van der Waals surface area (Å²) in [4.78, 5) is 14.5. The van der Waals surface area contributed by atoms with Crippen LogP contribution in [0.4, 0.5) is 4.39 Å². The largest absolute Gasteiger partial charge is 0.330 e. The van der Waals surface area contributed by atoms with Gasteiger partial charge in [0.1, 0.15) is 11.5 Å². The number of benzene rings is 1. The molecule has 1 aromatic carbocycles. The molecule has 0 bridgehead atoms. The molecule has 0 aliphatic carbocycles. The second-order valence-electron chi connectivity index (χ2n) is 6.72. The molecule has 0 spiro atoms. The van der Waals surface area contributed by atoms with Gasteiger partial charge < -0.3 is 4.90 Å². The van der Waals surface area contributed by atoms with Crippen LogP contribution in [0.1, 0.15) is 45.6 Å². The highest BCUT2D eigenvalue weighted by Gasteiger charge is 2.34. The summed E-state index contributed by atoms with van der Waals surface area (Å²) in [7, 11) is 0. The molecule has 1 fully saturated rings. The van der Waals surface area contributed by atoms with Gasteiger partial charge in [-0.2, -0.15) is 10.2 Å². The summed E-state index contributed by atoms with van der Waals surface area (Å²) >= 11 is 0. The van der Waals surface area contributed by atoms with Gasteiger partial charge in [0.2, 0.25) is 0 Å². The van der Waals surface area contributed by atoms with Gasteiger partial charge in [-0.25, -0.2) is 4.39 Å². The number of amides is 1. The van der Waals surface area contributed by atoms with Crippen LogP contribution in [0.2, 0.25) is 0 Å². The van der Waals surface area contributed by atoms with Crippen molar-refractivity contribution >= 4 is 5.91 Å². The summed E-state index contributed by atoms with van der Waals surface area (Å²) < 4.78 is 15.0. The minimum atomic E-state index is -0.271. The quantitative estimate of drug-likeness (QED) is 0.784. The molecule has 3 heterocycles. The summed E-state index contributed by atoms with van der Waals surface area (Å²) in [6.45, 7) is 5.17. The van der Waals surface area contributed by atoms with Crippen LogP contribution in [0.3, 0.4) is 0 Å². The van der Waals surface area contributed by atoms with Crippen molar-refractivity contribution in [2.75, 3.05) is 6.54 Å². The van der Waals surface area contributed by atoms with E-state index in [-0.39, 0.29) is 17.8 Å². The monoisotopic (exact) mass is 353 g/mol. The maximum Gasteiger partial charge on any atom is 0.274 e. The molecule has 1 N–H and O–H groups in total. The maximum atomic E-state index is 13.1. The van der Waals surface area contributed by atoms with Crippen molar-refractivity contribution in [3.8, 4) is 0 Å². The van der Waals surface area contributed by atoms with Gasteiger partial charge in [-0.05, 0) is 50.1 Å². The van der Waals surface area contributed by atoms with E-state index < -0.39 is 0 Å². The fraction of sp³-hybridized carbons (Fsp3) is 0.316. The molecule has 134 valence electrons. The number of nitrogens with zero attached hydrogens (tertiary/aromatic N) is 4. The Morgan fingerprint density at radius 3 is 2.65 bits per heavy atom. The summed E-state index contributed by atoms with van der Waals surface area (Å²) in [5, 5.41) is 11.5. The number of hydrogen-bond donors (Lipinski definition) is 1. The average molecular weight is 353 g/mol. The predicted molar refractivity (Wildman–Crippen MR) is 94.2 cm³/mol. The first-order valence-electron chi connectivity index (χ1n) is 8.63. The van der Waals surface area contributed by atoms with Crippen LogP contribution in [-0.2, 0) is 6.54 Å². The van der Waals surface area contributed by atoms with Crippen LogP contribution in [0, 0.1) is 19.7 Å². The maximum absolute atomic E-state index is 13.1. The number of aryl methyl sites for hydroxylation is 2.